The molecule has 0 unspecified atom stereocenters. The fraction of sp³-hybridized carbons (Fsp3) is 0.400. The predicted molar refractivity (Wildman–Crippen MR) is 33.4 cm³/mol. The minimum atomic E-state index is 0.108. The van der Waals surface area contributed by atoms with Crippen molar-refractivity contribution in [2.75, 3.05) is 0 Å². The molecule has 0 heterocycles. The Balaban J connectivity index is 3.82. The molecular weight excluding hydrogens is 156 g/mol. The van der Waals surface area contributed by atoms with Crippen molar-refractivity contribution in [1.82, 2.24) is 0 Å². The van der Waals surface area contributed by atoms with E-state index in [1.54, 1.807) is 11.9 Å². The molecule has 0 fully saturated rings. The van der Waals surface area contributed by atoms with Crippen molar-refractivity contribution in [3.05, 3.63) is 10.6 Å². The van der Waals surface area contributed by atoms with E-state index in [1.165, 1.54) is 6.92 Å². The van der Waals surface area contributed by atoms with Crippen LogP contribution in [-0.2, 0) is 4.79 Å². The van der Waals surface area contributed by atoms with Crippen LogP contribution in [0.4, 0.5) is 0 Å². The molecule has 0 saturated carbocycles. The molecule has 0 saturated heterocycles. The minimum Gasteiger partial charge on any atom is -0.295 e. The van der Waals surface area contributed by atoms with Crippen LogP contribution in [0.5, 0.6) is 0 Å². The molecule has 7 heavy (non-hydrogen) atoms. The van der Waals surface area contributed by atoms with Gasteiger partial charge >= 0.3 is 0 Å². The maximum absolute atomic E-state index is 10.3. The number of hydrogen-bond donors (Lipinski definition) is 0. The Labute approximate surface area is 51.5 Å². The number of carbonyl (C=O) groups excluding carboxylic acids is 1. The van der Waals surface area contributed by atoms with Crippen LogP contribution < -0.4 is 0 Å². The summed E-state index contributed by atoms with van der Waals surface area (Å²) in [5.41, 5.74) is 0.750. The molecule has 0 aromatic heterocycles. The zero-order chi connectivity index (χ0) is 5.86. The fourth-order valence-electron chi connectivity index (χ4n) is 0.0768. The predicted octanol–water partition coefficient (Wildman–Crippen LogP) is 1.87. The molecular formula is C5H7BrO. The minimum absolute atomic E-state index is 0.108. The first-order chi connectivity index (χ1) is 3.18. The van der Waals surface area contributed by atoms with E-state index in [0.717, 1.165) is 5.57 Å². The van der Waals surface area contributed by atoms with Crippen molar-refractivity contribution >= 4 is 21.7 Å². The molecule has 0 aromatic rings. The van der Waals surface area contributed by atoms with Crippen molar-refractivity contribution in [3.8, 4) is 0 Å². The van der Waals surface area contributed by atoms with Crippen LogP contribution in [0.1, 0.15) is 13.8 Å². The van der Waals surface area contributed by atoms with Gasteiger partial charge in [-0.3, -0.25) is 4.79 Å². The Bertz CT molecular complexity index is 105. The van der Waals surface area contributed by atoms with Gasteiger partial charge in [0.1, 0.15) is 0 Å². The fourth-order valence-corrected chi connectivity index (χ4v) is 0.399. The summed E-state index contributed by atoms with van der Waals surface area (Å²) < 4.78 is 0. The largest absolute Gasteiger partial charge is 0.295 e. The highest BCUT2D eigenvalue weighted by Crippen LogP contribution is 1.96. The lowest BCUT2D eigenvalue weighted by atomic mass is 10.3. The van der Waals surface area contributed by atoms with E-state index in [9.17, 15) is 4.79 Å². The van der Waals surface area contributed by atoms with Gasteiger partial charge in [0.15, 0.2) is 5.78 Å². The van der Waals surface area contributed by atoms with E-state index in [1.807, 2.05) is 0 Å². The highest BCUT2D eigenvalue weighted by atomic mass is 79.9. The lowest BCUT2D eigenvalue weighted by Crippen LogP contribution is -1.87. The van der Waals surface area contributed by atoms with Gasteiger partial charge in [0.05, 0.1) is 0 Å². The van der Waals surface area contributed by atoms with Crippen molar-refractivity contribution < 1.29 is 4.79 Å². The molecule has 0 amide bonds. The third-order valence-electron chi connectivity index (χ3n) is 0.719. The van der Waals surface area contributed by atoms with Gasteiger partial charge < -0.3 is 0 Å². The van der Waals surface area contributed by atoms with Crippen LogP contribution in [0.2, 0.25) is 0 Å². The molecule has 0 N–H and O–H groups in total. The Morgan fingerprint density at radius 3 is 2.00 bits per heavy atom. The monoisotopic (exact) mass is 162 g/mol. The maximum Gasteiger partial charge on any atom is 0.156 e. The first kappa shape index (κ1) is 6.89. The lowest BCUT2D eigenvalue weighted by Gasteiger charge is -1.84. The number of allylic oxidation sites excluding steroid dienone is 1. The molecule has 0 spiro atoms. The van der Waals surface area contributed by atoms with Crippen LogP contribution in [-0.4, -0.2) is 5.78 Å². The third-order valence-corrected chi connectivity index (χ3v) is 1.41. The van der Waals surface area contributed by atoms with Gasteiger partial charge in [0.25, 0.3) is 0 Å². The van der Waals surface area contributed by atoms with Gasteiger partial charge in [0.2, 0.25) is 0 Å². The van der Waals surface area contributed by atoms with Crippen molar-refractivity contribution in [2.45, 2.75) is 13.8 Å². The van der Waals surface area contributed by atoms with Gasteiger partial charge in [-0.1, -0.05) is 15.9 Å². The molecule has 2 heteroatoms. The maximum atomic E-state index is 10.3. The quantitative estimate of drug-likeness (QED) is 0.539. The Morgan fingerprint density at radius 2 is 2.00 bits per heavy atom. The van der Waals surface area contributed by atoms with Crippen LogP contribution in [0.25, 0.3) is 0 Å². The number of ketones is 1. The average Bonchev–Trinajstić information content (AvgIpc) is 1.65. The summed E-state index contributed by atoms with van der Waals surface area (Å²) in [7, 11) is 0. The van der Waals surface area contributed by atoms with Crippen LogP contribution in [0.3, 0.4) is 0 Å². The average molecular weight is 163 g/mol. The zero-order valence-electron chi connectivity index (χ0n) is 4.36. The number of halogens is 1. The zero-order valence-corrected chi connectivity index (χ0v) is 5.95. The SMILES string of the molecule is CC(=O)/C(C)=C/Br. The van der Waals surface area contributed by atoms with Crippen LogP contribution >= 0.6 is 15.9 Å². The van der Waals surface area contributed by atoms with Crippen molar-refractivity contribution in [2.24, 2.45) is 0 Å². The second kappa shape index (κ2) is 2.97. The highest BCUT2D eigenvalue weighted by Gasteiger charge is 1.90. The highest BCUT2D eigenvalue weighted by molar-refractivity contribution is 9.11. The van der Waals surface area contributed by atoms with Crippen molar-refractivity contribution in [3.63, 3.8) is 0 Å². The smallest absolute Gasteiger partial charge is 0.156 e. The lowest BCUT2D eigenvalue weighted by molar-refractivity contribution is -0.113. The molecule has 0 aliphatic carbocycles. The van der Waals surface area contributed by atoms with E-state index in [-0.39, 0.29) is 5.78 Å². The summed E-state index contributed by atoms with van der Waals surface area (Å²) in [5.74, 6) is 0.108. The van der Waals surface area contributed by atoms with E-state index in [2.05, 4.69) is 15.9 Å². The van der Waals surface area contributed by atoms with Crippen molar-refractivity contribution in [1.29, 1.82) is 0 Å². The summed E-state index contributed by atoms with van der Waals surface area (Å²) in [6, 6.07) is 0. The first-order valence-electron chi connectivity index (χ1n) is 1.96. The Kier molecular flexibility index (Phi) is 2.92. The molecule has 1 nitrogen and oxygen atoms in total. The molecule has 0 radical (unpaired) electrons. The van der Waals surface area contributed by atoms with E-state index < -0.39 is 0 Å². The first-order valence-corrected chi connectivity index (χ1v) is 2.88. The van der Waals surface area contributed by atoms with E-state index in [4.69, 9.17) is 0 Å². The topological polar surface area (TPSA) is 17.1 Å². The number of carbonyl (C=O) groups is 1. The van der Waals surface area contributed by atoms with Crippen LogP contribution in [0.15, 0.2) is 10.6 Å². The van der Waals surface area contributed by atoms with Gasteiger partial charge in [-0.2, -0.15) is 0 Å². The molecule has 0 aromatic carbocycles. The summed E-state index contributed by atoms with van der Waals surface area (Å²) in [6.07, 6.45) is 0. The number of Topliss-reactive ketones (excluding diaryl/α,β-unsaturated/α-hetero) is 1. The molecule has 40 valence electrons. The summed E-state index contributed by atoms with van der Waals surface area (Å²) in [6.45, 7) is 3.30. The molecule has 0 rings (SSSR count). The second-order valence-electron chi connectivity index (χ2n) is 1.35. The van der Waals surface area contributed by atoms with Gasteiger partial charge in [-0.15, -0.1) is 0 Å². The van der Waals surface area contributed by atoms with Gasteiger partial charge in [0, 0.05) is 0 Å². The molecule has 0 aliphatic heterocycles. The van der Waals surface area contributed by atoms with E-state index in [0.29, 0.717) is 0 Å². The number of hydrogen-bond acceptors (Lipinski definition) is 1. The van der Waals surface area contributed by atoms with Gasteiger partial charge in [-0.05, 0) is 24.4 Å². The Hall–Kier alpha value is -0.110. The van der Waals surface area contributed by atoms with Crippen LogP contribution in [0, 0.1) is 0 Å². The Morgan fingerprint density at radius 1 is 1.57 bits per heavy atom. The van der Waals surface area contributed by atoms with E-state index >= 15 is 0 Å². The molecule has 0 atom stereocenters. The third kappa shape index (κ3) is 2.57. The number of rotatable bonds is 1. The summed E-state index contributed by atoms with van der Waals surface area (Å²) in [4.78, 5) is 11.9. The normalized spacial score (nSPS) is 11.6. The summed E-state index contributed by atoms with van der Waals surface area (Å²) >= 11 is 3.03. The second-order valence-corrected chi connectivity index (χ2v) is 1.81. The summed E-state index contributed by atoms with van der Waals surface area (Å²) in [5, 5.41) is 0. The molecule has 0 bridgehead atoms. The van der Waals surface area contributed by atoms with Gasteiger partial charge in [-0.25, -0.2) is 0 Å². The standard InChI is InChI=1S/C5H7BrO/c1-4(3-6)5(2)7/h3H,1-2H3/b4-3+. The molecule has 0 aliphatic rings.